The third-order valence-electron chi connectivity index (χ3n) is 4.78. The molecule has 0 aliphatic carbocycles. The van der Waals surface area contributed by atoms with Crippen molar-refractivity contribution in [3.63, 3.8) is 0 Å². The van der Waals surface area contributed by atoms with Gasteiger partial charge >= 0.3 is 6.18 Å². The van der Waals surface area contributed by atoms with Crippen molar-refractivity contribution in [3.05, 3.63) is 48.0 Å². The number of aliphatic hydroxyl groups is 1. The smallest absolute Gasteiger partial charge is 0.393 e. The van der Waals surface area contributed by atoms with Crippen LogP contribution in [0.1, 0.15) is 18.4 Å². The maximum atomic E-state index is 13.1. The van der Waals surface area contributed by atoms with Gasteiger partial charge in [-0.2, -0.15) is 13.2 Å². The average molecular weight is 376 g/mol. The molecule has 0 bridgehead atoms. The highest BCUT2D eigenvalue weighted by Crippen LogP contribution is 2.35. The molecule has 1 aromatic heterocycles. The summed E-state index contributed by atoms with van der Waals surface area (Å²) in [6, 6.07) is 11.0. The Bertz CT molecular complexity index is 946. The molecule has 0 amide bonds. The Labute approximate surface area is 153 Å². The molecule has 1 fully saturated rings. The van der Waals surface area contributed by atoms with Crippen molar-refractivity contribution < 1.29 is 18.3 Å². The van der Waals surface area contributed by atoms with Gasteiger partial charge in [0.15, 0.2) is 0 Å². The van der Waals surface area contributed by atoms with E-state index in [2.05, 4.69) is 20.2 Å². The highest BCUT2D eigenvalue weighted by molar-refractivity contribution is 5.82. The summed E-state index contributed by atoms with van der Waals surface area (Å²) in [4.78, 5) is 9.56. The third-order valence-corrected chi connectivity index (χ3v) is 4.78. The zero-order valence-corrected chi connectivity index (χ0v) is 14.4. The number of rotatable bonds is 3. The summed E-state index contributed by atoms with van der Waals surface area (Å²) in [5, 5.41) is 12.4. The number of hydrogen-bond donors (Lipinski definition) is 3. The number of aromatic amines is 1. The van der Waals surface area contributed by atoms with Crippen molar-refractivity contribution in [2.24, 2.45) is 0 Å². The number of aliphatic hydroxyl groups excluding tert-OH is 1. The monoisotopic (exact) mass is 376 g/mol. The highest BCUT2D eigenvalue weighted by Gasteiger charge is 2.33. The van der Waals surface area contributed by atoms with Gasteiger partial charge in [-0.1, -0.05) is 12.1 Å². The molecule has 3 aromatic rings. The van der Waals surface area contributed by atoms with Gasteiger partial charge in [-0.3, -0.25) is 0 Å². The van der Waals surface area contributed by atoms with Crippen molar-refractivity contribution in [3.8, 4) is 0 Å². The topological polar surface area (TPSA) is 64.2 Å². The second-order valence-electron chi connectivity index (χ2n) is 6.67. The first-order valence-electron chi connectivity index (χ1n) is 8.76. The molecule has 0 spiro atoms. The van der Waals surface area contributed by atoms with Gasteiger partial charge in [0.2, 0.25) is 5.95 Å². The number of halogens is 3. The van der Waals surface area contributed by atoms with E-state index in [1.54, 1.807) is 6.07 Å². The highest BCUT2D eigenvalue weighted by atomic mass is 19.4. The van der Waals surface area contributed by atoms with Crippen molar-refractivity contribution in [1.82, 2.24) is 9.97 Å². The lowest BCUT2D eigenvalue weighted by atomic mass is 10.1. The molecule has 4 rings (SSSR count). The summed E-state index contributed by atoms with van der Waals surface area (Å²) in [6.07, 6.45) is -3.24. The maximum Gasteiger partial charge on any atom is 0.418 e. The van der Waals surface area contributed by atoms with Gasteiger partial charge in [0.05, 0.1) is 28.4 Å². The average Bonchev–Trinajstić information content (AvgIpc) is 3.03. The zero-order valence-electron chi connectivity index (χ0n) is 14.4. The first-order valence-corrected chi connectivity index (χ1v) is 8.76. The van der Waals surface area contributed by atoms with Crippen LogP contribution < -0.4 is 10.2 Å². The number of nitrogens with one attached hydrogen (secondary N) is 2. The molecular formula is C19H19F3N4O. The lowest BCUT2D eigenvalue weighted by Gasteiger charge is -2.31. The van der Waals surface area contributed by atoms with E-state index in [4.69, 9.17) is 0 Å². The second kappa shape index (κ2) is 6.77. The lowest BCUT2D eigenvalue weighted by Crippen LogP contribution is -2.35. The van der Waals surface area contributed by atoms with Crippen LogP contribution in [-0.2, 0) is 6.18 Å². The summed E-state index contributed by atoms with van der Waals surface area (Å²) >= 11 is 0. The normalized spacial score (nSPS) is 16.1. The number of para-hydroxylation sites is 1. The Kier molecular flexibility index (Phi) is 4.43. The summed E-state index contributed by atoms with van der Waals surface area (Å²) in [6.45, 7) is 1.54. The fourth-order valence-corrected chi connectivity index (χ4v) is 3.34. The molecule has 0 atom stereocenters. The van der Waals surface area contributed by atoms with Crippen LogP contribution in [0.4, 0.5) is 30.5 Å². The molecule has 1 aliphatic heterocycles. The number of nitrogens with zero attached hydrogens (tertiary/aromatic N) is 2. The Morgan fingerprint density at radius 3 is 2.59 bits per heavy atom. The van der Waals surface area contributed by atoms with Crippen LogP contribution in [-0.4, -0.2) is 34.3 Å². The van der Waals surface area contributed by atoms with Crippen molar-refractivity contribution in [2.45, 2.75) is 25.1 Å². The van der Waals surface area contributed by atoms with E-state index in [9.17, 15) is 18.3 Å². The Morgan fingerprint density at radius 1 is 1.11 bits per heavy atom. The first-order chi connectivity index (χ1) is 12.9. The predicted octanol–water partition coefficient (Wildman–Crippen LogP) is 4.29. The minimum atomic E-state index is -4.44. The molecule has 5 nitrogen and oxygen atoms in total. The molecular weight excluding hydrogens is 357 g/mol. The molecule has 0 saturated carbocycles. The molecule has 1 saturated heterocycles. The van der Waals surface area contributed by atoms with Crippen LogP contribution in [0.2, 0.25) is 0 Å². The van der Waals surface area contributed by atoms with Gasteiger partial charge < -0.3 is 20.3 Å². The van der Waals surface area contributed by atoms with Crippen molar-refractivity contribution >= 4 is 28.4 Å². The van der Waals surface area contributed by atoms with E-state index in [-0.39, 0.29) is 17.7 Å². The molecule has 2 aromatic carbocycles. The fraction of sp³-hybridized carbons (Fsp3) is 0.316. The Balaban J connectivity index is 1.60. The molecule has 0 radical (unpaired) electrons. The standard InChI is InChI=1S/C19H19F3N4O/c20-19(21,22)14-3-1-2-4-15(14)23-18-24-16-6-5-12(11-17(16)25-18)26-9-7-13(27)8-10-26/h1-6,11,13,27H,7-10H2,(H2,23,24,25). The molecule has 142 valence electrons. The number of aromatic nitrogens is 2. The van der Waals surface area contributed by atoms with Crippen LogP contribution in [0.15, 0.2) is 42.5 Å². The third kappa shape index (κ3) is 3.71. The van der Waals surface area contributed by atoms with E-state index in [0.29, 0.717) is 5.52 Å². The Morgan fingerprint density at radius 2 is 1.85 bits per heavy atom. The van der Waals surface area contributed by atoms with Gasteiger partial charge in [-0.25, -0.2) is 4.98 Å². The van der Waals surface area contributed by atoms with E-state index in [1.165, 1.54) is 12.1 Å². The van der Waals surface area contributed by atoms with Crippen molar-refractivity contribution in [1.29, 1.82) is 0 Å². The first kappa shape index (κ1) is 17.7. The van der Waals surface area contributed by atoms with Crippen LogP contribution in [0.3, 0.4) is 0 Å². The Hall–Kier alpha value is -2.74. The quantitative estimate of drug-likeness (QED) is 0.638. The molecule has 2 heterocycles. The number of imidazole rings is 1. The number of piperidine rings is 1. The molecule has 8 heteroatoms. The fourth-order valence-electron chi connectivity index (χ4n) is 3.34. The summed E-state index contributed by atoms with van der Waals surface area (Å²) in [5.74, 6) is 0.257. The number of anilines is 3. The summed E-state index contributed by atoms with van der Waals surface area (Å²) in [7, 11) is 0. The van der Waals surface area contributed by atoms with E-state index in [1.807, 2.05) is 18.2 Å². The van der Waals surface area contributed by atoms with E-state index < -0.39 is 11.7 Å². The van der Waals surface area contributed by atoms with Crippen LogP contribution in [0.5, 0.6) is 0 Å². The van der Waals surface area contributed by atoms with Crippen molar-refractivity contribution in [2.75, 3.05) is 23.3 Å². The number of hydrogen-bond acceptors (Lipinski definition) is 4. The molecule has 3 N–H and O–H groups in total. The van der Waals surface area contributed by atoms with Gasteiger partial charge in [0.25, 0.3) is 0 Å². The van der Waals surface area contributed by atoms with Crippen LogP contribution >= 0.6 is 0 Å². The predicted molar refractivity (Wildman–Crippen MR) is 98.3 cm³/mol. The number of benzene rings is 2. The number of H-pyrrole nitrogens is 1. The molecule has 1 aliphatic rings. The SMILES string of the molecule is OC1CCN(c2ccc3nc(Nc4ccccc4C(F)(F)F)[nH]c3c2)CC1. The van der Waals surface area contributed by atoms with E-state index in [0.717, 1.165) is 43.2 Å². The minimum Gasteiger partial charge on any atom is -0.393 e. The van der Waals surface area contributed by atoms with Gasteiger partial charge in [0.1, 0.15) is 0 Å². The number of fused-ring (bicyclic) bond motifs is 1. The molecule has 27 heavy (non-hydrogen) atoms. The number of alkyl halides is 3. The maximum absolute atomic E-state index is 13.1. The summed E-state index contributed by atoms with van der Waals surface area (Å²) in [5.41, 5.74) is 1.63. The van der Waals surface area contributed by atoms with E-state index >= 15 is 0 Å². The lowest BCUT2D eigenvalue weighted by molar-refractivity contribution is -0.136. The second-order valence-corrected chi connectivity index (χ2v) is 6.67. The van der Waals surface area contributed by atoms with Gasteiger partial charge in [-0.15, -0.1) is 0 Å². The summed E-state index contributed by atoms with van der Waals surface area (Å²) < 4.78 is 39.4. The largest absolute Gasteiger partial charge is 0.418 e. The molecule has 0 unspecified atom stereocenters. The van der Waals surface area contributed by atoms with Gasteiger partial charge in [0, 0.05) is 18.8 Å². The van der Waals surface area contributed by atoms with Crippen LogP contribution in [0.25, 0.3) is 11.0 Å². The van der Waals surface area contributed by atoms with Gasteiger partial charge in [-0.05, 0) is 43.2 Å². The van der Waals surface area contributed by atoms with Crippen LogP contribution in [0, 0.1) is 0 Å². The minimum absolute atomic E-state index is 0.0469. The zero-order chi connectivity index (χ0) is 19.0.